The predicted molar refractivity (Wildman–Crippen MR) is 135 cm³/mol. The Balaban J connectivity index is 1.63. The highest BCUT2D eigenvalue weighted by Gasteiger charge is 2.45. The second-order valence-corrected chi connectivity index (χ2v) is 9.37. The molecule has 0 N–H and O–H groups in total. The standard InChI is InChI=1S/C25H17Cl4NO5/c1-11(2)35-15(31)7-4-10-34-14-6-3-5-12-8-9-13(30-23(12)14)16-24(32)17-18(25(16)33)20(27)22(29)21(28)19(17)26/h3,5-6,8-9,16H,1,4,7,10H2,2H3. The van der Waals surface area contributed by atoms with E-state index in [1.165, 1.54) is 0 Å². The number of ketones is 2. The maximum atomic E-state index is 13.2. The second-order valence-electron chi connectivity index (χ2n) is 7.86. The molecule has 0 saturated heterocycles. The van der Waals surface area contributed by atoms with Gasteiger partial charge in [-0.05, 0) is 25.5 Å². The highest BCUT2D eigenvalue weighted by atomic mass is 35.5. The number of benzene rings is 2. The van der Waals surface area contributed by atoms with Crippen LogP contribution in [0.3, 0.4) is 0 Å². The van der Waals surface area contributed by atoms with E-state index in [0.29, 0.717) is 23.4 Å². The van der Waals surface area contributed by atoms with E-state index in [1.54, 1.807) is 31.2 Å². The number of carbonyl (C=O) groups excluding carboxylic acids is 3. The van der Waals surface area contributed by atoms with Crippen LogP contribution in [0.2, 0.25) is 20.1 Å². The first kappa shape index (κ1) is 25.5. The first-order valence-corrected chi connectivity index (χ1v) is 12.0. The van der Waals surface area contributed by atoms with E-state index in [-0.39, 0.29) is 49.9 Å². The molecule has 6 nitrogen and oxygen atoms in total. The number of hydrogen-bond donors (Lipinski definition) is 0. The van der Waals surface area contributed by atoms with Crippen LogP contribution in [-0.4, -0.2) is 29.1 Å². The first-order chi connectivity index (χ1) is 16.6. The lowest BCUT2D eigenvalue weighted by Gasteiger charge is -2.12. The van der Waals surface area contributed by atoms with Gasteiger partial charge in [-0.25, -0.2) is 4.98 Å². The largest absolute Gasteiger partial charge is 0.491 e. The van der Waals surface area contributed by atoms with Gasteiger partial charge in [-0.15, -0.1) is 0 Å². The number of fused-ring (bicyclic) bond motifs is 2. The molecule has 1 heterocycles. The van der Waals surface area contributed by atoms with Crippen molar-refractivity contribution in [2.45, 2.75) is 25.7 Å². The number of para-hydroxylation sites is 1. The third-order valence-corrected chi connectivity index (χ3v) is 7.16. The summed E-state index contributed by atoms with van der Waals surface area (Å²) in [5, 5.41) is 0.325. The van der Waals surface area contributed by atoms with Crippen LogP contribution in [0, 0.1) is 0 Å². The number of nitrogens with zero attached hydrogens (tertiary/aromatic N) is 1. The molecule has 0 unspecified atom stereocenters. The van der Waals surface area contributed by atoms with Crippen LogP contribution in [0.15, 0.2) is 42.7 Å². The summed E-state index contributed by atoms with van der Waals surface area (Å²) in [7, 11) is 0. The van der Waals surface area contributed by atoms with Gasteiger partial charge in [0.15, 0.2) is 11.6 Å². The summed E-state index contributed by atoms with van der Waals surface area (Å²) in [4.78, 5) is 42.7. The quantitative estimate of drug-likeness (QED) is 0.0766. The van der Waals surface area contributed by atoms with Crippen molar-refractivity contribution in [3.63, 3.8) is 0 Å². The normalized spacial score (nSPS) is 13.3. The first-order valence-electron chi connectivity index (χ1n) is 10.4. The number of allylic oxidation sites excluding steroid dienone is 1. The zero-order chi connectivity index (χ0) is 25.4. The zero-order valence-electron chi connectivity index (χ0n) is 18.3. The third kappa shape index (κ3) is 4.76. The predicted octanol–water partition coefficient (Wildman–Crippen LogP) is 7.25. The van der Waals surface area contributed by atoms with Crippen LogP contribution >= 0.6 is 46.4 Å². The molecule has 1 aliphatic carbocycles. The number of rotatable bonds is 7. The van der Waals surface area contributed by atoms with Gasteiger partial charge in [0.1, 0.15) is 17.2 Å². The van der Waals surface area contributed by atoms with Crippen molar-refractivity contribution in [2.24, 2.45) is 0 Å². The molecule has 1 aromatic heterocycles. The number of hydrogen-bond acceptors (Lipinski definition) is 6. The summed E-state index contributed by atoms with van der Waals surface area (Å²) in [6.07, 6.45) is 0.571. The van der Waals surface area contributed by atoms with Gasteiger partial charge in [0.25, 0.3) is 0 Å². The van der Waals surface area contributed by atoms with E-state index in [4.69, 9.17) is 55.9 Å². The van der Waals surface area contributed by atoms with Crippen LogP contribution in [0.5, 0.6) is 5.75 Å². The monoisotopic (exact) mass is 551 g/mol. The average molecular weight is 553 g/mol. The number of aromatic nitrogens is 1. The molecule has 0 fully saturated rings. The molecule has 0 bridgehead atoms. The smallest absolute Gasteiger partial charge is 0.310 e. The Morgan fingerprint density at radius 2 is 1.60 bits per heavy atom. The molecular formula is C25H17Cl4NO5. The molecule has 0 spiro atoms. The minimum absolute atomic E-state index is 0.0610. The Labute approximate surface area is 220 Å². The molecule has 1 aliphatic rings. The summed E-state index contributed by atoms with van der Waals surface area (Å²) in [5.41, 5.74) is 0.548. The number of Topliss-reactive ketones (excluding diaryl/α,β-unsaturated/α-hetero) is 2. The summed E-state index contributed by atoms with van der Waals surface area (Å²) in [5.74, 6) is -1.99. The van der Waals surface area contributed by atoms with Crippen molar-refractivity contribution >= 4 is 74.8 Å². The van der Waals surface area contributed by atoms with Crippen molar-refractivity contribution in [1.82, 2.24) is 4.98 Å². The molecule has 180 valence electrons. The number of pyridine rings is 1. The third-order valence-electron chi connectivity index (χ3n) is 5.36. The maximum absolute atomic E-state index is 13.2. The van der Waals surface area contributed by atoms with Crippen molar-refractivity contribution in [3.8, 4) is 5.75 Å². The van der Waals surface area contributed by atoms with Crippen molar-refractivity contribution in [2.75, 3.05) is 6.61 Å². The van der Waals surface area contributed by atoms with Gasteiger partial charge in [-0.1, -0.05) is 71.2 Å². The highest BCUT2D eigenvalue weighted by Crippen LogP contribution is 2.48. The number of esters is 1. The molecule has 0 atom stereocenters. The van der Waals surface area contributed by atoms with Crippen LogP contribution in [0.1, 0.15) is 52.1 Å². The summed E-state index contributed by atoms with van der Waals surface area (Å²) in [6.45, 7) is 5.35. The van der Waals surface area contributed by atoms with Gasteiger partial charge < -0.3 is 9.47 Å². The average Bonchev–Trinajstić information content (AvgIpc) is 3.08. The number of halogens is 4. The van der Waals surface area contributed by atoms with Crippen LogP contribution in [0.4, 0.5) is 0 Å². The van der Waals surface area contributed by atoms with E-state index in [1.807, 2.05) is 6.07 Å². The lowest BCUT2D eigenvalue weighted by molar-refractivity contribution is -0.139. The SMILES string of the molecule is C=C(C)OC(=O)CCCOc1cccc2ccc(C3C(=O)c4c(Cl)c(Cl)c(Cl)c(Cl)c4C3=O)nc12. The zero-order valence-corrected chi connectivity index (χ0v) is 21.3. The second kappa shape index (κ2) is 10.2. The minimum Gasteiger partial charge on any atom is -0.491 e. The molecule has 0 aliphatic heterocycles. The summed E-state index contributed by atoms with van der Waals surface area (Å²) >= 11 is 24.7. The van der Waals surface area contributed by atoms with Gasteiger partial charge in [0, 0.05) is 11.8 Å². The van der Waals surface area contributed by atoms with E-state index in [9.17, 15) is 14.4 Å². The Morgan fingerprint density at radius 3 is 2.20 bits per heavy atom. The lowest BCUT2D eigenvalue weighted by atomic mass is 9.98. The fourth-order valence-electron chi connectivity index (χ4n) is 3.83. The highest BCUT2D eigenvalue weighted by molar-refractivity contribution is 6.55. The van der Waals surface area contributed by atoms with Crippen LogP contribution in [0.25, 0.3) is 10.9 Å². The molecule has 0 radical (unpaired) electrons. The van der Waals surface area contributed by atoms with Crippen molar-refractivity contribution in [1.29, 1.82) is 0 Å². The molecule has 0 saturated carbocycles. The number of carbonyl (C=O) groups is 3. The Bertz CT molecular complexity index is 1370. The van der Waals surface area contributed by atoms with E-state index >= 15 is 0 Å². The van der Waals surface area contributed by atoms with E-state index in [0.717, 1.165) is 5.39 Å². The van der Waals surface area contributed by atoms with E-state index in [2.05, 4.69) is 11.6 Å². The molecule has 0 amide bonds. The van der Waals surface area contributed by atoms with Crippen LogP contribution in [-0.2, 0) is 9.53 Å². The summed E-state index contributed by atoms with van der Waals surface area (Å²) in [6, 6.07) is 8.66. The van der Waals surface area contributed by atoms with Crippen LogP contribution < -0.4 is 4.74 Å². The van der Waals surface area contributed by atoms with Gasteiger partial charge in [0.05, 0.1) is 49.3 Å². The maximum Gasteiger partial charge on any atom is 0.310 e. The molecule has 10 heteroatoms. The molecule has 2 aromatic carbocycles. The van der Waals surface area contributed by atoms with Crippen molar-refractivity contribution < 1.29 is 23.9 Å². The van der Waals surface area contributed by atoms with Crippen molar-refractivity contribution in [3.05, 3.63) is 79.6 Å². The minimum atomic E-state index is -1.25. The van der Waals surface area contributed by atoms with Gasteiger partial charge in [0.2, 0.25) is 0 Å². The Hall–Kier alpha value is -2.64. The molecule has 4 rings (SSSR count). The molecular weight excluding hydrogens is 536 g/mol. The fraction of sp³-hybridized carbons (Fsp3) is 0.200. The fourth-order valence-corrected chi connectivity index (χ4v) is 4.87. The van der Waals surface area contributed by atoms with Gasteiger partial charge in [-0.3, -0.25) is 14.4 Å². The Morgan fingerprint density at radius 1 is 0.971 bits per heavy atom. The van der Waals surface area contributed by atoms with E-state index < -0.39 is 23.5 Å². The lowest BCUT2D eigenvalue weighted by Crippen LogP contribution is -2.14. The number of ether oxygens (including phenoxy) is 2. The topological polar surface area (TPSA) is 82.6 Å². The molecule has 35 heavy (non-hydrogen) atoms. The van der Waals surface area contributed by atoms with Gasteiger partial charge in [-0.2, -0.15) is 0 Å². The Kier molecular flexibility index (Phi) is 7.38. The van der Waals surface area contributed by atoms with Gasteiger partial charge >= 0.3 is 5.97 Å². The summed E-state index contributed by atoms with van der Waals surface area (Å²) < 4.78 is 10.8. The molecule has 3 aromatic rings.